The molecule has 2 aromatic rings. The number of furan rings is 1. The van der Waals surface area contributed by atoms with Gasteiger partial charge in [-0.3, -0.25) is 19.3 Å². The molecular weight excluding hydrogens is 296 g/mol. The lowest BCUT2D eigenvalue weighted by molar-refractivity contribution is 0.0642. The Bertz CT molecular complexity index is 806. The fraction of sp³-hybridized carbons (Fsp3) is 0.235. The van der Waals surface area contributed by atoms with Crippen LogP contribution in [-0.4, -0.2) is 28.7 Å². The van der Waals surface area contributed by atoms with E-state index in [-0.39, 0.29) is 30.3 Å². The molecular formula is C17H14N2O4. The molecule has 1 aliphatic carbocycles. The second-order valence-corrected chi connectivity index (χ2v) is 5.73. The number of imide groups is 1. The van der Waals surface area contributed by atoms with E-state index in [1.165, 1.54) is 17.2 Å². The highest BCUT2D eigenvalue weighted by Gasteiger charge is 2.44. The minimum Gasteiger partial charge on any atom is -0.467 e. The van der Waals surface area contributed by atoms with Crippen molar-refractivity contribution >= 4 is 17.7 Å². The predicted octanol–water partition coefficient (Wildman–Crippen LogP) is 1.97. The molecule has 3 amide bonds. The van der Waals surface area contributed by atoms with Crippen LogP contribution in [0.5, 0.6) is 0 Å². The van der Waals surface area contributed by atoms with Gasteiger partial charge in [0.15, 0.2) is 0 Å². The Hall–Kier alpha value is -2.89. The van der Waals surface area contributed by atoms with Crippen molar-refractivity contribution in [1.82, 2.24) is 10.2 Å². The molecule has 1 aliphatic heterocycles. The number of carbonyl (C=O) groups is 3. The number of rotatable bonds is 4. The second kappa shape index (κ2) is 5.08. The summed E-state index contributed by atoms with van der Waals surface area (Å²) in [6.45, 7) is 0.268. The third kappa shape index (κ3) is 2.32. The largest absolute Gasteiger partial charge is 0.467 e. The van der Waals surface area contributed by atoms with Crippen LogP contribution in [-0.2, 0) is 6.54 Å². The lowest BCUT2D eigenvalue weighted by Crippen LogP contribution is -2.31. The highest BCUT2D eigenvalue weighted by molar-refractivity contribution is 6.22. The first-order chi connectivity index (χ1) is 11.1. The molecule has 6 heteroatoms. The van der Waals surface area contributed by atoms with E-state index in [9.17, 15) is 14.4 Å². The highest BCUT2D eigenvalue weighted by atomic mass is 16.3. The Morgan fingerprint density at radius 3 is 2.65 bits per heavy atom. The van der Waals surface area contributed by atoms with E-state index >= 15 is 0 Å². The average Bonchev–Trinajstić information content (AvgIpc) is 3.18. The summed E-state index contributed by atoms with van der Waals surface area (Å²) in [6.07, 6.45) is 3.26. The van der Waals surface area contributed by atoms with Crippen molar-refractivity contribution in [2.24, 2.45) is 0 Å². The SMILES string of the molecule is O=C(NCc1ccco1)c1ccc2c(c1)C(=O)N(C1CC1)C2=O. The van der Waals surface area contributed by atoms with Crippen molar-refractivity contribution in [1.29, 1.82) is 0 Å². The normalized spacial score (nSPS) is 16.6. The Kier molecular flexibility index (Phi) is 3.04. The van der Waals surface area contributed by atoms with Crippen LogP contribution in [0.1, 0.15) is 49.7 Å². The van der Waals surface area contributed by atoms with Gasteiger partial charge in [0.25, 0.3) is 17.7 Å². The Morgan fingerprint density at radius 2 is 1.96 bits per heavy atom. The molecule has 0 radical (unpaired) electrons. The quantitative estimate of drug-likeness (QED) is 0.876. The number of carbonyl (C=O) groups excluding carboxylic acids is 3. The minimum absolute atomic E-state index is 0.0265. The van der Waals surface area contributed by atoms with Gasteiger partial charge in [-0.05, 0) is 43.2 Å². The summed E-state index contributed by atoms with van der Waals surface area (Å²) in [4.78, 5) is 38.1. The van der Waals surface area contributed by atoms with Gasteiger partial charge in [-0.15, -0.1) is 0 Å². The number of amides is 3. The smallest absolute Gasteiger partial charge is 0.261 e. The standard InChI is InChI=1S/C17H14N2O4/c20-15(18-9-12-2-1-7-23-12)10-3-6-13-14(8-10)17(22)19(16(13)21)11-4-5-11/h1-3,6-8,11H,4-5,9H2,(H,18,20). The van der Waals surface area contributed by atoms with Gasteiger partial charge < -0.3 is 9.73 Å². The number of fused-ring (bicyclic) bond motifs is 1. The van der Waals surface area contributed by atoms with E-state index in [0.717, 1.165) is 12.8 Å². The molecule has 0 bridgehead atoms. The second-order valence-electron chi connectivity index (χ2n) is 5.73. The van der Waals surface area contributed by atoms with Crippen molar-refractivity contribution in [3.8, 4) is 0 Å². The van der Waals surface area contributed by atoms with Crippen LogP contribution in [0.3, 0.4) is 0 Å². The molecule has 1 aromatic carbocycles. The molecule has 4 rings (SSSR count). The molecule has 6 nitrogen and oxygen atoms in total. The first kappa shape index (κ1) is 13.8. The van der Waals surface area contributed by atoms with Gasteiger partial charge in [-0.2, -0.15) is 0 Å². The maximum Gasteiger partial charge on any atom is 0.261 e. The zero-order chi connectivity index (χ0) is 16.0. The summed E-state index contributed by atoms with van der Waals surface area (Å²) in [5.74, 6) is -0.219. The van der Waals surface area contributed by atoms with E-state index in [1.807, 2.05) is 0 Å². The number of benzene rings is 1. The van der Waals surface area contributed by atoms with Gasteiger partial charge in [-0.1, -0.05) is 0 Å². The van der Waals surface area contributed by atoms with Crippen molar-refractivity contribution in [3.05, 3.63) is 59.0 Å². The van der Waals surface area contributed by atoms with Crippen molar-refractivity contribution < 1.29 is 18.8 Å². The fourth-order valence-electron chi connectivity index (χ4n) is 2.75. The molecule has 1 aromatic heterocycles. The predicted molar refractivity (Wildman–Crippen MR) is 79.8 cm³/mol. The fourth-order valence-corrected chi connectivity index (χ4v) is 2.75. The number of nitrogens with zero attached hydrogens (tertiary/aromatic N) is 1. The summed E-state index contributed by atoms with van der Waals surface area (Å²) >= 11 is 0. The molecule has 2 heterocycles. The maximum atomic E-state index is 12.4. The van der Waals surface area contributed by atoms with Crippen LogP contribution in [0.2, 0.25) is 0 Å². The van der Waals surface area contributed by atoms with Crippen LogP contribution >= 0.6 is 0 Å². The topological polar surface area (TPSA) is 79.6 Å². The Morgan fingerprint density at radius 1 is 1.17 bits per heavy atom. The minimum atomic E-state index is -0.311. The summed E-state index contributed by atoms with van der Waals surface area (Å²) in [5, 5.41) is 2.72. The average molecular weight is 310 g/mol. The van der Waals surface area contributed by atoms with Crippen molar-refractivity contribution in [2.75, 3.05) is 0 Å². The molecule has 1 N–H and O–H groups in total. The Balaban J connectivity index is 1.55. The van der Waals surface area contributed by atoms with Crippen molar-refractivity contribution in [3.63, 3.8) is 0 Å². The monoisotopic (exact) mass is 310 g/mol. The first-order valence-corrected chi connectivity index (χ1v) is 7.47. The van der Waals surface area contributed by atoms with Gasteiger partial charge >= 0.3 is 0 Å². The zero-order valence-electron chi connectivity index (χ0n) is 12.2. The van der Waals surface area contributed by atoms with Gasteiger partial charge in [0, 0.05) is 11.6 Å². The Labute approximate surface area is 132 Å². The van der Waals surface area contributed by atoms with E-state index in [0.29, 0.717) is 22.5 Å². The molecule has 0 unspecified atom stereocenters. The van der Waals surface area contributed by atoms with E-state index in [1.54, 1.807) is 24.3 Å². The molecule has 1 saturated carbocycles. The first-order valence-electron chi connectivity index (χ1n) is 7.47. The summed E-state index contributed by atoms with van der Waals surface area (Å²) < 4.78 is 5.15. The number of hydrogen-bond donors (Lipinski definition) is 1. The van der Waals surface area contributed by atoms with Crippen molar-refractivity contribution in [2.45, 2.75) is 25.4 Å². The highest BCUT2D eigenvalue weighted by Crippen LogP contribution is 2.34. The molecule has 0 saturated heterocycles. The summed E-state index contributed by atoms with van der Waals surface area (Å²) in [7, 11) is 0. The van der Waals surface area contributed by atoms with E-state index in [2.05, 4.69) is 5.32 Å². The maximum absolute atomic E-state index is 12.4. The van der Waals surface area contributed by atoms with Gasteiger partial charge in [0.2, 0.25) is 0 Å². The number of hydrogen-bond acceptors (Lipinski definition) is 4. The third-order valence-corrected chi connectivity index (χ3v) is 4.10. The van der Waals surface area contributed by atoms with Crippen LogP contribution in [0, 0.1) is 0 Å². The molecule has 2 aliphatic rings. The lowest BCUT2D eigenvalue weighted by atomic mass is 10.1. The van der Waals surface area contributed by atoms with Crippen LogP contribution in [0.15, 0.2) is 41.0 Å². The van der Waals surface area contributed by atoms with Crippen LogP contribution < -0.4 is 5.32 Å². The molecule has 116 valence electrons. The van der Waals surface area contributed by atoms with Gasteiger partial charge in [0.05, 0.1) is 23.9 Å². The lowest BCUT2D eigenvalue weighted by Gasteiger charge is -2.11. The van der Waals surface area contributed by atoms with Gasteiger partial charge in [-0.25, -0.2) is 0 Å². The molecule has 0 spiro atoms. The molecule has 23 heavy (non-hydrogen) atoms. The van der Waals surface area contributed by atoms with E-state index in [4.69, 9.17) is 4.42 Å². The van der Waals surface area contributed by atoms with Crippen LogP contribution in [0.4, 0.5) is 0 Å². The molecule has 0 atom stereocenters. The van der Waals surface area contributed by atoms with Gasteiger partial charge in [0.1, 0.15) is 5.76 Å². The van der Waals surface area contributed by atoms with Crippen LogP contribution in [0.25, 0.3) is 0 Å². The number of nitrogens with one attached hydrogen (secondary N) is 1. The zero-order valence-corrected chi connectivity index (χ0v) is 12.2. The molecule has 1 fully saturated rings. The third-order valence-electron chi connectivity index (χ3n) is 4.10. The summed E-state index contributed by atoms with van der Waals surface area (Å²) in [5.41, 5.74) is 1.05. The van der Waals surface area contributed by atoms with E-state index < -0.39 is 0 Å². The summed E-state index contributed by atoms with van der Waals surface area (Å²) in [6, 6.07) is 8.15.